The van der Waals surface area contributed by atoms with Crippen LogP contribution < -0.4 is 10.1 Å². The van der Waals surface area contributed by atoms with E-state index in [2.05, 4.69) is 20.6 Å². The summed E-state index contributed by atoms with van der Waals surface area (Å²) in [5.74, 6) is 1.32. The first-order valence-corrected chi connectivity index (χ1v) is 8.71. The summed E-state index contributed by atoms with van der Waals surface area (Å²) in [6.45, 7) is 7.13. The molecule has 0 saturated carbocycles. The number of carbonyl (C=O) groups excluding carboxylic acids is 1. The van der Waals surface area contributed by atoms with E-state index in [0.29, 0.717) is 18.1 Å². The fourth-order valence-electron chi connectivity index (χ4n) is 2.99. The number of aromatic nitrogens is 4. The van der Waals surface area contributed by atoms with E-state index in [1.165, 1.54) is 6.92 Å². The van der Waals surface area contributed by atoms with Gasteiger partial charge in [-0.1, -0.05) is 24.2 Å². The average molecular weight is 369 g/mol. The third-order valence-corrected chi connectivity index (χ3v) is 4.22. The number of nitrogens with zero attached hydrogens (tertiary/aromatic N) is 4. The molecule has 0 bridgehead atoms. The predicted octanol–water partition coefficient (Wildman–Crippen LogP) is 2.86. The van der Waals surface area contributed by atoms with Gasteiger partial charge in [0.1, 0.15) is 11.4 Å². The molecule has 3 rings (SSSR count). The Kier molecular flexibility index (Phi) is 4.98. The van der Waals surface area contributed by atoms with Gasteiger partial charge >= 0.3 is 0 Å². The van der Waals surface area contributed by atoms with Crippen LogP contribution in [-0.2, 0) is 16.8 Å². The molecule has 0 aliphatic rings. The third kappa shape index (κ3) is 3.55. The summed E-state index contributed by atoms with van der Waals surface area (Å²) in [4.78, 5) is 15.9. The lowest BCUT2D eigenvalue weighted by Crippen LogP contribution is -2.40. The van der Waals surface area contributed by atoms with Gasteiger partial charge < -0.3 is 14.6 Å². The first-order chi connectivity index (χ1) is 12.9. The van der Waals surface area contributed by atoms with E-state index in [1.807, 2.05) is 49.7 Å². The van der Waals surface area contributed by atoms with Gasteiger partial charge in [0.2, 0.25) is 5.91 Å². The largest absolute Gasteiger partial charge is 0.494 e. The molecule has 0 unspecified atom stereocenters. The van der Waals surface area contributed by atoms with Gasteiger partial charge in [0.05, 0.1) is 30.1 Å². The van der Waals surface area contributed by atoms with Crippen molar-refractivity contribution in [1.29, 1.82) is 0 Å². The maximum Gasteiger partial charge on any atom is 0.261 e. The zero-order valence-electron chi connectivity index (χ0n) is 16.1. The molecule has 0 aliphatic carbocycles. The predicted molar refractivity (Wildman–Crippen MR) is 99.6 cm³/mol. The van der Waals surface area contributed by atoms with Gasteiger partial charge in [-0.3, -0.25) is 4.79 Å². The Morgan fingerprint density at radius 2 is 2.07 bits per heavy atom. The Labute approximate surface area is 157 Å². The molecule has 0 saturated heterocycles. The first kappa shape index (κ1) is 18.6. The van der Waals surface area contributed by atoms with Crippen LogP contribution in [0.15, 0.2) is 35.0 Å². The molecule has 2 heterocycles. The third-order valence-electron chi connectivity index (χ3n) is 4.22. The molecule has 8 heteroatoms. The van der Waals surface area contributed by atoms with E-state index in [1.54, 1.807) is 13.3 Å². The van der Waals surface area contributed by atoms with Crippen molar-refractivity contribution >= 4 is 5.91 Å². The van der Waals surface area contributed by atoms with Crippen molar-refractivity contribution in [2.75, 3.05) is 7.11 Å². The van der Waals surface area contributed by atoms with Crippen molar-refractivity contribution < 1.29 is 14.1 Å². The second-order valence-electron chi connectivity index (χ2n) is 6.67. The molecule has 0 atom stereocenters. The molecule has 0 spiro atoms. The molecular formula is C19H23N5O3. The molecule has 1 amide bonds. The molecule has 8 nitrogen and oxygen atoms in total. The zero-order chi connectivity index (χ0) is 19.6. The number of rotatable bonds is 6. The highest BCUT2D eigenvalue weighted by Gasteiger charge is 2.29. The lowest BCUT2D eigenvalue weighted by molar-refractivity contribution is -0.120. The number of hydrogen-bond acceptors (Lipinski definition) is 6. The summed E-state index contributed by atoms with van der Waals surface area (Å²) >= 11 is 0. The van der Waals surface area contributed by atoms with Crippen LogP contribution >= 0.6 is 0 Å². The smallest absolute Gasteiger partial charge is 0.261 e. The van der Waals surface area contributed by atoms with Crippen LogP contribution in [0.1, 0.15) is 39.2 Å². The minimum Gasteiger partial charge on any atom is -0.494 e. The van der Waals surface area contributed by atoms with Crippen LogP contribution in [0.4, 0.5) is 0 Å². The maximum atomic E-state index is 11.4. The Hall–Kier alpha value is -3.16. The summed E-state index contributed by atoms with van der Waals surface area (Å²) in [7, 11) is 1.63. The molecular weight excluding hydrogens is 346 g/mol. The van der Waals surface area contributed by atoms with Gasteiger partial charge in [-0.05, 0) is 32.4 Å². The average Bonchev–Trinajstić information content (AvgIpc) is 3.27. The summed E-state index contributed by atoms with van der Waals surface area (Å²) in [6.07, 6.45) is 2.41. The van der Waals surface area contributed by atoms with Gasteiger partial charge in [0, 0.05) is 6.92 Å². The van der Waals surface area contributed by atoms with Gasteiger partial charge in [-0.2, -0.15) is 10.1 Å². The van der Waals surface area contributed by atoms with E-state index >= 15 is 0 Å². The molecule has 1 aromatic carbocycles. The van der Waals surface area contributed by atoms with E-state index < -0.39 is 5.54 Å². The molecule has 3 aromatic rings. The minimum absolute atomic E-state index is 0.162. The Morgan fingerprint density at radius 3 is 2.74 bits per heavy atom. The van der Waals surface area contributed by atoms with Crippen molar-refractivity contribution in [3.05, 3.63) is 42.0 Å². The van der Waals surface area contributed by atoms with Crippen molar-refractivity contribution in [2.45, 2.75) is 39.7 Å². The highest BCUT2D eigenvalue weighted by atomic mass is 16.5. The molecule has 1 N–H and O–H groups in total. The highest BCUT2D eigenvalue weighted by molar-refractivity contribution is 5.73. The fraction of sp³-hybridized carbons (Fsp3) is 0.368. The first-order valence-electron chi connectivity index (χ1n) is 8.71. The van der Waals surface area contributed by atoms with Crippen molar-refractivity contribution in [3.63, 3.8) is 0 Å². The van der Waals surface area contributed by atoms with Gasteiger partial charge in [-0.25, -0.2) is 4.68 Å². The summed E-state index contributed by atoms with van der Waals surface area (Å²) in [5.41, 5.74) is 1.77. The second kappa shape index (κ2) is 7.22. The number of para-hydroxylation sites is 2. The Bertz CT molecular complexity index is 958. The quantitative estimate of drug-likeness (QED) is 0.718. The number of carbonyl (C=O) groups is 1. The topological polar surface area (TPSA) is 95.1 Å². The standard InChI is InChI=1S/C19H23N5O3/c1-6-14-13(11-20-24(14)15-9-7-8-10-16(15)26-5)17-21-18(23-27-17)19(3,4)22-12(2)25/h7-11H,6H2,1-5H3,(H,22,25). The van der Waals surface area contributed by atoms with Crippen molar-refractivity contribution in [3.8, 4) is 22.9 Å². The number of amides is 1. The van der Waals surface area contributed by atoms with Crippen LogP contribution in [0.25, 0.3) is 17.1 Å². The Balaban J connectivity index is 2.02. The molecule has 0 aliphatic heterocycles. The van der Waals surface area contributed by atoms with Crippen LogP contribution in [0.2, 0.25) is 0 Å². The maximum absolute atomic E-state index is 11.4. The number of nitrogens with one attached hydrogen (secondary N) is 1. The fourth-order valence-corrected chi connectivity index (χ4v) is 2.99. The number of ether oxygens (including phenoxy) is 1. The van der Waals surface area contributed by atoms with Gasteiger partial charge in [-0.15, -0.1) is 0 Å². The molecule has 0 fully saturated rings. The van der Waals surface area contributed by atoms with Gasteiger partial charge in [0.25, 0.3) is 5.89 Å². The normalized spacial score (nSPS) is 11.4. The summed E-state index contributed by atoms with van der Waals surface area (Å²) in [5, 5.41) is 11.4. The van der Waals surface area contributed by atoms with E-state index in [9.17, 15) is 4.79 Å². The van der Waals surface area contributed by atoms with Crippen LogP contribution in [-0.4, -0.2) is 32.9 Å². The van der Waals surface area contributed by atoms with Crippen molar-refractivity contribution in [1.82, 2.24) is 25.2 Å². The number of methoxy groups -OCH3 is 1. The molecule has 27 heavy (non-hydrogen) atoms. The molecule has 0 radical (unpaired) electrons. The zero-order valence-corrected chi connectivity index (χ0v) is 16.1. The minimum atomic E-state index is -0.737. The SMILES string of the molecule is CCc1c(-c2nc(C(C)(C)NC(C)=O)no2)cnn1-c1ccccc1OC. The summed E-state index contributed by atoms with van der Waals surface area (Å²) in [6, 6.07) is 7.66. The van der Waals surface area contributed by atoms with E-state index in [-0.39, 0.29) is 5.91 Å². The number of benzene rings is 1. The second-order valence-corrected chi connectivity index (χ2v) is 6.67. The summed E-state index contributed by atoms with van der Waals surface area (Å²) < 4.78 is 12.7. The molecule has 2 aromatic heterocycles. The van der Waals surface area contributed by atoms with E-state index in [0.717, 1.165) is 22.7 Å². The lowest BCUT2D eigenvalue weighted by Gasteiger charge is -2.20. The van der Waals surface area contributed by atoms with Crippen LogP contribution in [0, 0.1) is 0 Å². The lowest BCUT2D eigenvalue weighted by atomic mass is 10.1. The van der Waals surface area contributed by atoms with Gasteiger partial charge in [0.15, 0.2) is 5.82 Å². The highest BCUT2D eigenvalue weighted by Crippen LogP contribution is 2.30. The van der Waals surface area contributed by atoms with E-state index in [4.69, 9.17) is 9.26 Å². The van der Waals surface area contributed by atoms with Crippen molar-refractivity contribution in [2.24, 2.45) is 0 Å². The molecule has 142 valence electrons. The van der Waals surface area contributed by atoms with Crippen LogP contribution in [0.5, 0.6) is 5.75 Å². The number of hydrogen-bond donors (Lipinski definition) is 1. The monoisotopic (exact) mass is 369 g/mol. The Morgan fingerprint density at radius 1 is 1.33 bits per heavy atom. The van der Waals surface area contributed by atoms with Crippen LogP contribution in [0.3, 0.4) is 0 Å².